The molecule has 2 fully saturated rings. The van der Waals surface area contributed by atoms with Crippen LogP contribution in [0.25, 0.3) is 0 Å². The molecule has 1 aromatic heterocycles. The number of rotatable bonds is 4. The number of aromatic amines is 1. The summed E-state index contributed by atoms with van der Waals surface area (Å²) in [6.45, 7) is 1.03. The summed E-state index contributed by atoms with van der Waals surface area (Å²) in [7, 11) is 0. The van der Waals surface area contributed by atoms with E-state index in [9.17, 15) is 9.18 Å². The van der Waals surface area contributed by atoms with Crippen molar-refractivity contribution in [2.24, 2.45) is 0 Å². The van der Waals surface area contributed by atoms with Crippen molar-refractivity contribution >= 4 is 11.7 Å². The van der Waals surface area contributed by atoms with E-state index >= 15 is 0 Å². The van der Waals surface area contributed by atoms with Gasteiger partial charge >= 0.3 is 0 Å². The monoisotopic (exact) mass is 329 g/mol. The van der Waals surface area contributed by atoms with E-state index in [-0.39, 0.29) is 11.7 Å². The summed E-state index contributed by atoms with van der Waals surface area (Å²) in [5, 5.41) is 10.1. The maximum Gasteiger partial charge on any atom is 0.236 e. The summed E-state index contributed by atoms with van der Waals surface area (Å²) in [5.41, 5.74) is 1.20. The molecule has 5 nitrogen and oxygen atoms in total. The van der Waals surface area contributed by atoms with Gasteiger partial charge in [-0.3, -0.25) is 9.89 Å². The highest BCUT2D eigenvalue weighted by molar-refractivity contribution is 5.98. The first-order valence-corrected chi connectivity index (χ1v) is 8.38. The predicted octanol–water partition coefficient (Wildman–Crippen LogP) is 3.11. The van der Waals surface area contributed by atoms with E-state index in [1.165, 1.54) is 25.0 Å². The Labute approximate surface area is 139 Å². The van der Waals surface area contributed by atoms with Crippen LogP contribution in [0.5, 0.6) is 0 Å². The smallest absolute Gasteiger partial charge is 0.236 e. The number of hydrogen-bond acceptors (Lipinski definition) is 3. The average Bonchev–Trinajstić information content (AvgIpc) is 3.36. The molecule has 2 aromatic rings. The Kier molecular flexibility index (Phi) is 3.84. The molecule has 0 bridgehead atoms. The number of ether oxygens (including phenoxy) is 1. The molecule has 2 N–H and O–H groups in total. The largest absolute Gasteiger partial charge is 0.381 e. The Balaban J connectivity index is 1.59. The van der Waals surface area contributed by atoms with Gasteiger partial charge in [-0.15, -0.1) is 0 Å². The van der Waals surface area contributed by atoms with Crippen molar-refractivity contribution in [1.29, 1.82) is 0 Å². The number of aromatic nitrogens is 2. The topological polar surface area (TPSA) is 67.0 Å². The van der Waals surface area contributed by atoms with Gasteiger partial charge in [0.1, 0.15) is 5.82 Å². The molecule has 126 valence electrons. The van der Waals surface area contributed by atoms with E-state index in [1.54, 1.807) is 12.1 Å². The second-order valence-corrected chi connectivity index (χ2v) is 6.64. The highest BCUT2D eigenvalue weighted by Crippen LogP contribution is 2.40. The third-order valence-corrected chi connectivity index (χ3v) is 5.03. The summed E-state index contributed by atoms with van der Waals surface area (Å²) in [6, 6.07) is 8.10. The van der Waals surface area contributed by atoms with E-state index in [2.05, 4.69) is 15.5 Å². The van der Waals surface area contributed by atoms with Crippen LogP contribution < -0.4 is 5.32 Å². The number of anilines is 1. The lowest BCUT2D eigenvalue weighted by atomic mass is 9.73. The van der Waals surface area contributed by atoms with Crippen LogP contribution in [0.4, 0.5) is 10.2 Å². The average molecular weight is 329 g/mol. The van der Waals surface area contributed by atoms with Crippen LogP contribution in [-0.4, -0.2) is 29.3 Å². The first-order chi connectivity index (χ1) is 11.7. The number of H-pyrrole nitrogens is 1. The zero-order chi connectivity index (χ0) is 16.6. The SMILES string of the molecule is O=C(Nc1cc(C2CC2)[nH]n1)C1(c2ccc(F)cc2)CCOCC1. The van der Waals surface area contributed by atoms with Crippen LogP contribution in [-0.2, 0) is 14.9 Å². The predicted molar refractivity (Wildman–Crippen MR) is 87.3 cm³/mol. The minimum atomic E-state index is -0.704. The molecular weight excluding hydrogens is 309 g/mol. The van der Waals surface area contributed by atoms with Gasteiger partial charge in [0.25, 0.3) is 0 Å². The van der Waals surface area contributed by atoms with Gasteiger partial charge in [0.15, 0.2) is 5.82 Å². The Bertz CT molecular complexity index is 731. The maximum atomic E-state index is 13.3. The molecule has 1 amide bonds. The quantitative estimate of drug-likeness (QED) is 0.906. The summed E-state index contributed by atoms with van der Waals surface area (Å²) in [5.74, 6) is 0.696. The molecule has 0 radical (unpaired) electrons. The van der Waals surface area contributed by atoms with Gasteiger partial charge in [-0.2, -0.15) is 5.10 Å². The van der Waals surface area contributed by atoms with Crippen LogP contribution in [0.2, 0.25) is 0 Å². The first kappa shape index (κ1) is 15.3. The fourth-order valence-corrected chi connectivity index (χ4v) is 3.38. The van der Waals surface area contributed by atoms with Crippen LogP contribution >= 0.6 is 0 Å². The molecule has 1 saturated heterocycles. The molecule has 4 rings (SSSR count). The van der Waals surface area contributed by atoms with E-state index in [0.29, 0.717) is 37.8 Å². The molecule has 0 spiro atoms. The molecule has 1 aromatic carbocycles. The van der Waals surface area contributed by atoms with E-state index < -0.39 is 5.41 Å². The molecule has 2 aliphatic rings. The standard InChI is InChI=1S/C18H20FN3O2/c19-14-5-3-13(4-6-14)18(7-9-24-10-8-18)17(23)20-16-11-15(21-22-16)12-1-2-12/h3-6,11-12H,1-2,7-10H2,(H2,20,21,22,23). The van der Waals surface area contributed by atoms with Gasteiger partial charge in [0.05, 0.1) is 5.41 Å². The van der Waals surface area contributed by atoms with Gasteiger partial charge in [0, 0.05) is 30.9 Å². The van der Waals surface area contributed by atoms with Crippen LogP contribution in [0.1, 0.15) is 42.9 Å². The number of carbonyl (C=O) groups is 1. The molecular formula is C18H20FN3O2. The van der Waals surface area contributed by atoms with Gasteiger partial charge < -0.3 is 10.1 Å². The Morgan fingerprint density at radius 2 is 1.96 bits per heavy atom. The normalized spacial score (nSPS) is 19.9. The fraction of sp³-hybridized carbons (Fsp3) is 0.444. The van der Waals surface area contributed by atoms with Crippen LogP contribution in [0.3, 0.4) is 0 Å². The van der Waals surface area contributed by atoms with Crippen molar-refractivity contribution in [3.8, 4) is 0 Å². The lowest BCUT2D eigenvalue weighted by Crippen LogP contribution is -2.44. The highest BCUT2D eigenvalue weighted by atomic mass is 19.1. The van der Waals surface area contributed by atoms with Crippen molar-refractivity contribution < 1.29 is 13.9 Å². The summed E-state index contributed by atoms with van der Waals surface area (Å²) in [4.78, 5) is 13.1. The Hall–Kier alpha value is -2.21. The van der Waals surface area contributed by atoms with Crippen molar-refractivity contribution in [1.82, 2.24) is 10.2 Å². The summed E-state index contributed by atoms with van der Waals surface area (Å²) in [6.07, 6.45) is 3.49. The molecule has 0 unspecified atom stereocenters. The maximum absolute atomic E-state index is 13.3. The van der Waals surface area contributed by atoms with Gasteiger partial charge in [-0.25, -0.2) is 4.39 Å². The highest BCUT2D eigenvalue weighted by Gasteiger charge is 2.42. The number of nitrogens with one attached hydrogen (secondary N) is 2. The van der Waals surface area contributed by atoms with Crippen molar-refractivity contribution in [2.45, 2.75) is 37.0 Å². The molecule has 24 heavy (non-hydrogen) atoms. The van der Waals surface area contributed by atoms with Gasteiger partial charge in [-0.1, -0.05) is 12.1 Å². The molecule has 1 aliphatic carbocycles. The minimum absolute atomic E-state index is 0.105. The van der Waals surface area contributed by atoms with Gasteiger partial charge in [0.2, 0.25) is 5.91 Å². The summed E-state index contributed by atoms with van der Waals surface area (Å²) < 4.78 is 18.7. The number of halogens is 1. The second-order valence-electron chi connectivity index (χ2n) is 6.64. The lowest BCUT2D eigenvalue weighted by Gasteiger charge is -2.36. The molecule has 6 heteroatoms. The Morgan fingerprint density at radius 1 is 1.25 bits per heavy atom. The number of amides is 1. The number of nitrogens with zero attached hydrogens (tertiary/aromatic N) is 1. The summed E-state index contributed by atoms with van der Waals surface area (Å²) >= 11 is 0. The number of hydrogen-bond donors (Lipinski definition) is 2. The van der Waals surface area contributed by atoms with Crippen molar-refractivity contribution in [2.75, 3.05) is 18.5 Å². The third-order valence-electron chi connectivity index (χ3n) is 5.03. The van der Waals surface area contributed by atoms with Crippen molar-refractivity contribution in [3.05, 3.63) is 47.4 Å². The first-order valence-electron chi connectivity index (χ1n) is 8.38. The molecule has 0 atom stereocenters. The lowest BCUT2D eigenvalue weighted by molar-refractivity contribution is -0.125. The third kappa shape index (κ3) is 2.82. The second kappa shape index (κ2) is 6.02. The molecule has 1 saturated carbocycles. The zero-order valence-corrected chi connectivity index (χ0v) is 13.3. The molecule has 1 aliphatic heterocycles. The van der Waals surface area contributed by atoms with Crippen molar-refractivity contribution in [3.63, 3.8) is 0 Å². The van der Waals surface area contributed by atoms with Crippen LogP contribution in [0, 0.1) is 5.82 Å². The minimum Gasteiger partial charge on any atom is -0.381 e. The molecule has 2 heterocycles. The number of carbonyl (C=O) groups excluding carboxylic acids is 1. The fourth-order valence-electron chi connectivity index (χ4n) is 3.38. The van der Waals surface area contributed by atoms with E-state index in [1.807, 2.05) is 6.07 Å². The van der Waals surface area contributed by atoms with Crippen LogP contribution in [0.15, 0.2) is 30.3 Å². The Morgan fingerprint density at radius 3 is 2.62 bits per heavy atom. The zero-order valence-electron chi connectivity index (χ0n) is 13.3. The van der Waals surface area contributed by atoms with E-state index in [0.717, 1.165) is 11.3 Å². The van der Waals surface area contributed by atoms with E-state index in [4.69, 9.17) is 4.74 Å². The van der Waals surface area contributed by atoms with Gasteiger partial charge in [-0.05, 0) is 43.4 Å². The number of benzene rings is 1.